The smallest absolute Gasteiger partial charge is 0.341 e. The molecule has 1 atom stereocenters. The van der Waals surface area contributed by atoms with Crippen molar-refractivity contribution in [1.82, 2.24) is 0 Å². The molecule has 154 valence electrons. The van der Waals surface area contributed by atoms with E-state index in [0.29, 0.717) is 16.5 Å². The Morgan fingerprint density at radius 3 is 2.76 bits per heavy atom. The van der Waals surface area contributed by atoms with Gasteiger partial charge in [0.2, 0.25) is 0 Å². The number of nitrogens with one attached hydrogen (secondary N) is 1. The molecule has 3 rings (SSSR count). The molecular weight excluding hydrogens is 416 g/mol. The number of esters is 1. The minimum absolute atomic E-state index is 0.0478. The van der Waals surface area contributed by atoms with Gasteiger partial charge >= 0.3 is 5.97 Å². The molecule has 0 saturated carbocycles. The maximum atomic E-state index is 12.8. The minimum Gasteiger partial charge on any atom is -0.459 e. The number of benzene rings is 1. The molecular formula is C20H21ClN2O5S. The number of fused-ring (bicyclic) bond motifs is 1. The van der Waals surface area contributed by atoms with Crippen LogP contribution in [0.2, 0.25) is 5.02 Å². The molecule has 1 amide bonds. The van der Waals surface area contributed by atoms with Crippen LogP contribution in [0.15, 0.2) is 18.2 Å². The summed E-state index contributed by atoms with van der Waals surface area (Å²) < 4.78 is 5.39. The molecule has 2 aromatic rings. The van der Waals surface area contributed by atoms with Crippen molar-refractivity contribution in [3.63, 3.8) is 0 Å². The van der Waals surface area contributed by atoms with Crippen molar-refractivity contribution in [2.75, 3.05) is 5.32 Å². The quantitative estimate of drug-likeness (QED) is 0.392. The third-order valence-electron chi connectivity index (χ3n) is 4.69. The Morgan fingerprint density at radius 1 is 1.38 bits per heavy atom. The van der Waals surface area contributed by atoms with Crippen LogP contribution in [0.25, 0.3) is 0 Å². The number of carbonyl (C=O) groups excluding carboxylic acids is 2. The van der Waals surface area contributed by atoms with Gasteiger partial charge in [0, 0.05) is 16.5 Å². The molecule has 0 fully saturated rings. The van der Waals surface area contributed by atoms with Gasteiger partial charge in [0.05, 0.1) is 16.6 Å². The molecule has 1 aromatic heterocycles. The van der Waals surface area contributed by atoms with Gasteiger partial charge in [0.15, 0.2) is 0 Å². The van der Waals surface area contributed by atoms with E-state index in [-0.39, 0.29) is 22.4 Å². The van der Waals surface area contributed by atoms with Crippen molar-refractivity contribution in [2.45, 2.75) is 46.1 Å². The summed E-state index contributed by atoms with van der Waals surface area (Å²) in [5.41, 5.74) is 1.06. The van der Waals surface area contributed by atoms with Crippen LogP contribution >= 0.6 is 22.9 Å². The zero-order valence-electron chi connectivity index (χ0n) is 16.3. The molecule has 0 spiro atoms. The highest BCUT2D eigenvalue weighted by Gasteiger charge is 2.30. The average Bonchev–Trinajstić information content (AvgIpc) is 2.97. The fraction of sp³-hybridized carbons (Fsp3) is 0.400. The lowest BCUT2D eigenvalue weighted by Gasteiger charge is -2.18. The van der Waals surface area contributed by atoms with Crippen LogP contribution in [-0.4, -0.2) is 22.9 Å². The van der Waals surface area contributed by atoms with Crippen LogP contribution in [0, 0.1) is 16.0 Å². The van der Waals surface area contributed by atoms with E-state index in [9.17, 15) is 19.7 Å². The van der Waals surface area contributed by atoms with E-state index < -0.39 is 16.8 Å². The van der Waals surface area contributed by atoms with Gasteiger partial charge in [0.1, 0.15) is 10.0 Å². The molecule has 9 heteroatoms. The van der Waals surface area contributed by atoms with Crippen LogP contribution < -0.4 is 5.32 Å². The highest BCUT2D eigenvalue weighted by Crippen LogP contribution is 2.40. The number of hydrogen-bond donors (Lipinski definition) is 1. The zero-order valence-corrected chi connectivity index (χ0v) is 17.9. The number of ether oxygens (including phenoxy) is 1. The number of nitrogens with zero attached hydrogens (tertiary/aromatic N) is 1. The lowest BCUT2D eigenvalue weighted by atomic mass is 9.88. The van der Waals surface area contributed by atoms with E-state index in [2.05, 4.69) is 12.2 Å². The highest BCUT2D eigenvalue weighted by molar-refractivity contribution is 7.17. The average molecular weight is 437 g/mol. The molecule has 0 radical (unpaired) electrons. The molecule has 1 aliphatic carbocycles. The largest absolute Gasteiger partial charge is 0.459 e. The maximum absolute atomic E-state index is 12.8. The summed E-state index contributed by atoms with van der Waals surface area (Å²) in [5.74, 6) is -0.517. The normalized spacial score (nSPS) is 15.7. The predicted octanol–water partition coefficient (Wildman–Crippen LogP) is 5.25. The summed E-state index contributed by atoms with van der Waals surface area (Å²) in [4.78, 5) is 37.0. The van der Waals surface area contributed by atoms with Crippen molar-refractivity contribution in [2.24, 2.45) is 5.92 Å². The number of nitro groups is 1. The van der Waals surface area contributed by atoms with Crippen LogP contribution in [0.5, 0.6) is 0 Å². The zero-order chi connectivity index (χ0) is 21.3. The summed E-state index contributed by atoms with van der Waals surface area (Å²) >= 11 is 7.19. The molecule has 1 aliphatic rings. The number of carbonyl (C=O) groups is 2. The number of halogens is 1. The van der Waals surface area contributed by atoms with E-state index >= 15 is 0 Å². The lowest BCUT2D eigenvalue weighted by Crippen LogP contribution is -2.18. The van der Waals surface area contributed by atoms with Crippen LogP contribution in [-0.2, 0) is 17.6 Å². The summed E-state index contributed by atoms with van der Waals surface area (Å²) in [5, 5.41) is 14.2. The first-order valence-electron chi connectivity index (χ1n) is 9.28. The highest BCUT2D eigenvalue weighted by atomic mass is 35.5. The first-order chi connectivity index (χ1) is 13.7. The molecule has 1 unspecified atom stereocenters. The number of rotatable bonds is 5. The van der Waals surface area contributed by atoms with Gasteiger partial charge in [-0.25, -0.2) is 4.79 Å². The van der Waals surface area contributed by atoms with Gasteiger partial charge in [0.25, 0.3) is 11.6 Å². The Morgan fingerprint density at radius 2 is 2.10 bits per heavy atom. The van der Waals surface area contributed by atoms with Crippen molar-refractivity contribution in [3.05, 3.63) is 54.9 Å². The van der Waals surface area contributed by atoms with Crippen molar-refractivity contribution >= 4 is 45.5 Å². The summed E-state index contributed by atoms with van der Waals surface area (Å²) in [7, 11) is 0. The summed E-state index contributed by atoms with van der Waals surface area (Å²) in [6.07, 6.45) is 2.26. The third-order valence-corrected chi connectivity index (χ3v) is 6.18. The molecule has 1 N–H and O–H groups in total. The lowest BCUT2D eigenvalue weighted by molar-refractivity contribution is -0.384. The predicted molar refractivity (Wildman–Crippen MR) is 112 cm³/mol. The van der Waals surface area contributed by atoms with Crippen LogP contribution in [0.1, 0.15) is 58.3 Å². The molecule has 0 saturated heterocycles. The molecule has 0 bridgehead atoms. The second-order valence-electron chi connectivity index (χ2n) is 7.39. The van der Waals surface area contributed by atoms with Gasteiger partial charge in [-0.1, -0.05) is 18.5 Å². The molecule has 1 aromatic carbocycles. The van der Waals surface area contributed by atoms with E-state index in [4.69, 9.17) is 16.3 Å². The Bertz CT molecular complexity index is 985. The van der Waals surface area contributed by atoms with Gasteiger partial charge in [-0.05, 0) is 56.7 Å². The molecule has 29 heavy (non-hydrogen) atoms. The van der Waals surface area contributed by atoms with Crippen molar-refractivity contribution in [3.8, 4) is 0 Å². The fourth-order valence-electron chi connectivity index (χ4n) is 3.30. The molecule has 0 aliphatic heterocycles. The van der Waals surface area contributed by atoms with E-state index in [1.165, 1.54) is 23.5 Å². The third kappa shape index (κ3) is 4.59. The Kier molecular flexibility index (Phi) is 6.24. The van der Waals surface area contributed by atoms with Gasteiger partial charge in [-0.2, -0.15) is 0 Å². The number of nitro benzene ring substituents is 1. The van der Waals surface area contributed by atoms with Crippen LogP contribution in [0.3, 0.4) is 0 Å². The minimum atomic E-state index is -0.643. The maximum Gasteiger partial charge on any atom is 0.341 e. The monoisotopic (exact) mass is 436 g/mol. The number of amides is 1. The van der Waals surface area contributed by atoms with Gasteiger partial charge in [-0.3, -0.25) is 14.9 Å². The molecule has 1 heterocycles. The Hall–Kier alpha value is -2.45. The number of hydrogen-bond acceptors (Lipinski definition) is 6. The Balaban J connectivity index is 1.96. The summed E-state index contributed by atoms with van der Waals surface area (Å²) in [6, 6.07) is 3.84. The molecule has 7 nitrogen and oxygen atoms in total. The van der Waals surface area contributed by atoms with Crippen molar-refractivity contribution < 1.29 is 19.2 Å². The van der Waals surface area contributed by atoms with Crippen molar-refractivity contribution in [1.29, 1.82) is 0 Å². The number of anilines is 1. The first kappa shape index (κ1) is 21.3. The van der Waals surface area contributed by atoms with E-state index in [0.717, 1.165) is 35.8 Å². The van der Waals surface area contributed by atoms with Gasteiger partial charge < -0.3 is 10.1 Å². The van der Waals surface area contributed by atoms with E-state index in [1.807, 2.05) is 0 Å². The Labute approximate surface area is 177 Å². The van der Waals surface area contributed by atoms with E-state index in [1.54, 1.807) is 13.8 Å². The first-order valence-corrected chi connectivity index (χ1v) is 10.5. The fourth-order valence-corrected chi connectivity index (χ4v) is 4.88. The second-order valence-corrected chi connectivity index (χ2v) is 8.90. The summed E-state index contributed by atoms with van der Waals surface area (Å²) in [6.45, 7) is 5.69. The topological polar surface area (TPSA) is 98.5 Å². The van der Waals surface area contributed by atoms with Crippen LogP contribution in [0.4, 0.5) is 10.7 Å². The SMILES string of the molecule is CC1CCc2c(sc(NC(=O)c3ccc(Cl)c([N+](=O)[O-])c3)c2C(=O)OC(C)C)C1. The van der Waals surface area contributed by atoms with Gasteiger partial charge in [-0.15, -0.1) is 11.3 Å². The number of thiophene rings is 1. The standard InChI is InChI=1S/C20H21ClN2O5S/c1-10(2)28-20(25)17-13-6-4-11(3)8-16(13)29-19(17)22-18(24)12-5-7-14(21)15(9-12)23(26)27/h5,7,9-11H,4,6,8H2,1-3H3,(H,22,24). The second kappa shape index (κ2) is 8.51.